The lowest BCUT2D eigenvalue weighted by atomic mass is 10.2. The number of aromatic nitrogens is 2. The zero-order valence-corrected chi connectivity index (χ0v) is 7.27. The molecule has 0 atom stereocenters. The summed E-state index contributed by atoms with van der Waals surface area (Å²) in [5.74, 6) is 0. The van der Waals surface area contributed by atoms with E-state index in [-0.39, 0.29) is 0 Å². The SMILES string of the molecule is NCc1cc(-c2cn[nH]c2)cs1. The molecule has 12 heavy (non-hydrogen) atoms. The highest BCUT2D eigenvalue weighted by Crippen LogP contribution is 2.23. The van der Waals surface area contributed by atoms with Crippen molar-refractivity contribution >= 4 is 11.3 Å². The molecule has 2 aromatic rings. The smallest absolute Gasteiger partial charge is 0.0566 e. The van der Waals surface area contributed by atoms with Crippen molar-refractivity contribution in [3.05, 3.63) is 28.7 Å². The van der Waals surface area contributed by atoms with Crippen LogP contribution in [0.4, 0.5) is 0 Å². The molecule has 0 fully saturated rings. The summed E-state index contributed by atoms with van der Waals surface area (Å²) in [5.41, 5.74) is 7.81. The Morgan fingerprint density at radius 1 is 1.50 bits per heavy atom. The van der Waals surface area contributed by atoms with E-state index < -0.39 is 0 Å². The zero-order valence-electron chi connectivity index (χ0n) is 6.45. The average molecular weight is 179 g/mol. The van der Waals surface area contributed by atoms with Crippen LogP contribution >= 0.6 is 11.3 Å². The Morgan fingerprint density at radius 3 is 3.00 bits per heavy atom. The molecule has 0 aliphatic carbocycles. The summed E-state index contributed by atoms with van der Waals surface area (Å²) in [5, 5.41) is 8.75. The molecule has 2 heterocycles. The summed E-state index contributed by atoms with van der Waals surface area (Å²) in [6.07, 6.45) is 3.69. The minimum atomic E-state index is 0.614. The van der Waals surface area contributed by atoms with Gasteiger partial charge in [-0.2, -0.15) is 5.10 Å². The number of hydrogen-bond donors (Lipinski definition) is 2. The van der Waals surface area contributed by atoms with Gasteiger partial charge in [0, 0.05) is 23.2 Å². The molecule has 0 amide bonds. The first kappa shape index (κ1) is 7.52. The highest BCUT2D eigenvalue weighted by Gasteiger charge is 2.01. The van der Waals surface area contributed by atoms with Crippen molar-refractivity contribution in [2.24, 2.45) is 5.73 Å². The fraction of sp³-hybridized carbons (Fsp3) is 0.125. The lowest BCUT2D eigenvalue weighted by Gasteiger charge is -1.86. The third-order valence-electron chi connectivity index (χ3n) is 1.69. The van der Waals surface area contributed by atoms with Gasteiger partial charge in [0.05, 0.1) is 6.20 Å². The Bertz CT molecular complexity index is 350. The van der Waals surface area contributed by atoms with E-state index in [4.69, 9.17) is 5.73 Å². The van der Waals surface area contributed by atoms with E-state index in [2.05, 4.69) is 21.6 Å². The Balaban J connectivity index is 2.35. The first-order valence-corrected chi connectivity index (χ1v) is 4.55. The first-order chi connectivity index (χ1) is 5.90. The quantitative estimate of drug-likeness (QED) is 0.735. The van der Waals surface area contributed by atoms with Crippen LogP contribution in [0.3, 0.4) is 0 Å². The van der Waals surface area contributed by atoms with E-state index in [0.717, 1.165) is 5.56 Å². The zero-order chi connectivity index (χ0) is 8.39. The number of thiophene rings is 1. The number of nitrogens with one attached hydrogen (secondary N) is 1. The molecule has 4 heteroatoms. The molecule has 0 saturated carbocycles. The van der Waals surface area contributed by atoms with Crippen LogP contribution in [0.25, 0.3) is 11.1 Å². The largest absolute Gasteiger partial charge is 0.326 e. The summed E-state index contributed by atoms with van der Waals surface area (Å²) in [6, 6.07) is 2.09. The summed E-state index contributed by atoms with van der Waals surface area (Å²) in [4.78, 5) is 1.20. The molecule has 0 aromatic carbocycles. The summed E-state index contributed by atoms with van der Waals surface area (Å²) < 4.78 is 0. The first-order valence-electron chi connectivity index (χ1n) is 3.67. The van der Waals surface area contributed by atoms with Gasteiger partial charge in [-0.15, -0.1) is 11.3 Å². The van der Waals surface area contributed by atoms with Crippen molar-refractivity contribution in [3.8, 4) is 11.1 Å². The van der Waals surface area contributed by atoms with Crippen molar-refractivity contribution in [2.75, 3.05) is 0 Å². The Morgan fingerprint density at radius 2 is 2.42 bits per heavy atom. The lowest BCUT2D eigenvalue weighted by Crippen LogP contribution is -1.91. The molecule has 3 N–H and O–H groups in total. The van der Waals surface area contributed by atoms with Crippen LogP contribution in [-0.4, -0.2) is 10.2 Å². The molecule has 3 nitrogen and oxygen atoms in total. The number of nitrogens with zero attached hydrogens (tertiary/aromatic N) is 1. The van der Waals surface area contributed by atoms with Gasteiger partial charge in [-0.3, -0.25) is 5.10 Å². The van der Waals surface area contributed by atoms with Crippen molar-refractivity contribution < 1.29 is 0 Å². The van der Waals surface area contributed by atoms with E-state index in [0.29, 0.717) is 6.54 Å². The van der Waals surface area contributed by atoms with Crippen LogP contribution in [-0.2, 0) is 6.54 Å². The topological polar surface area (TPSA) is 54.7 Å². The predicted molar refractivity (Wildman–Crippen MR) is 49.8 cm³/mol. The molecule has 0 radical (unpaired) electrons. The van der Waals surface area contributed by atoms with E-state index in [1.165, 1.54) is 10.4 Å². The van der Waals surface area contributed by atoms with Gasteiger partial charge in [0.15, 0.2) is 0 Å². The molecular formula is C8H9N3S. The van der Waals surface area contributed by atoms with Gasteiger partial charge in [-0.25, -0.2) is 0 Å². The third-order valence-corrected chi connectivity index (χ3v) is 2.65. The normalized spacial score (nSPS) is 10.4. The van der Waals surface area contributed by atoms with E-state index in [9.17, 15) is 0 Å². The van der Waals surface area contributed by atoms with E-state index in [1.807, 2.05) is 12.4 Å². The van der Waals surface area contributed by atoms with Crippen LogP contribution in [0.2, 0.25) is 0 Å². The number of aromatic amines is 1. The van der Waals surface area contributed by atoms with Gasteiger partial charge in [0.1, 0.15) is 0 Å². The maximum absolute atomic E-state index is 5.50. The molecule has 62 valence electrons. The van der Waals surface area contributed by atoms with Gasteiger partial charge in [0.25, 0.3) is 0 Å². The molecule has 0 aliphatic rings. The van der Waals surface area contributed by atoms with Crippen LogP contribution in [0.1, 0.15) is 4.88 Å². The van der Waals surface area contributed by atoms with Crippen LogP contribution in [0.15, 0.2) is 23.8 Å². The summed E-state index contributed by atoms with van der Waals surface area (Å²) in [7, 11) is 0. The molecule has 0 aliphatic heterocycles. The Labute approximate surface area is 74.2 Å². The second-order valence-corrected chi connectivity index (χ2v) is 3.49. The van der Waals surface area contributed by atoms with Gasteiger partial charge in [0.2, 0.25) is 0 Å². The van der Waals surface area contributed by atoms with Crippen LogP contribution < -0.4 is 5.73 Å². The minimum absolute atomic E-state index is 0.614. The molecular weight excluding hydrogens is 170 g/mol. The second kappa shape index (κ2) is 3.08. The monoisotopic (exact) mass is 179 g/mol. The molecule has 0 saturated heterocycles. The average Bonchev–Trinajstić information content (AvgIpc) is 2.75. The molecule has 0 spiro atoms. The molecule has 0 unspecified atom stereocenters. The van der Waals surface area contributed by atoms with Crippen molar-refractivity contribution in [1.82, 2.24) is 10.2 Å². The highest BCUT2D eigenvalue weighted by molar-refractivity contribution is 7.10. The molecule has 2 rings (SSSR count). The number of hydrogen-bond acceptors (Lipinski definition) is 3. The van der Waals surface area contributed by atoms with Gasteiger partial charge in [-0.05, 0) is 17.0 Å². The van der Waals surface area contributed by atoms with Crippen LogP contribution in [0.5, 0.6) is 0 Å². The maximum atomic E-state index is 5.50. The van der Waals surface area contributed by atoms with E-state index in [1.54, 1.807) is 11.3 Å². The van der Waals surface area contributed by atoms with Crippen molar-refractivity contribution in [2.45, 2.75) is 6.54 Å². The summed E-state index contributed by atoms with van der Waals surface area (Å²) in [6.45, 7) is 0.614. The van der Waals surface area contributed by atoms with Crippen molar-refractivity contribution in [1.29, 1.82) is 0 Å². The second-order valence-electron chi connectivity index (χ2n) is 2.49. The molecule has 2 aromatic heterocycles. The van der Waals surface area contributed by atoms with Gasteiger partial charge < -0.3 is 5.73 Å². The summed E-state index contributed by atoms with van der Waals surface area (Å²) >= 11 is 1.68. The fourth-order valence-electron chi connectivity index (χ4n) is 1.05. The minimum Gasteiger partial charge on any atom is -0.326 e. The Kier molecular flexibility index (Phi) is 1.93. The molecule has 0 bridgehead atoms. The Hall–Kier alpha value is -1.13. The predicted octanol–water partition coefficient (Wildman–Crippen LogP) is 1.60. The number of H-pyrrole nitrogens is 1. The van der Waals surface area contributed by atoms with E-state index >= 15 is 0 Å². The standard InChI is InChI=1S/C8H9N3S/c9-2-8-1-6(5-12-8)7-3-10-11-4-7/h1,3-5H,2,9H2,(H,10,11). The van der Waals surface area contributed by atoms with Gasteiger partial charge in [-0.1, -0.05) is 0 Å². The number of nitrogens with two attached hydrogens (primary N) is 1. The highest BCUT2D eigenvalue weighted by atomic mass is 32.1. The maximum Gasteiger partial charge on any atom is 0.0566 e. The third kappa shape index (κ3) is 1.26. The van der Waals surface area contributed by atoms with Crippen molar-refractivity contribution in [3.63, 3.8) is 0 Å². The lowest BCUT2D eigenvalue weighted by molar-refractivity contribution is 1.09. The van der Waals surface area contributed by atoms with Crippen LogP contribution in [0, 0.1) is 0 Å². The van der Waals surface area contributed by atoms with Gasteiger partial charge >= 0.3 is 0 Å². The number of rotatable bonds is 2. The fourth-order valence-corrected chi connectivity index (χ4v) is 1.82.